The van der Waals surface area contributed by atoms with Crippen molar-refractivity contribution in [1.82, 2.24) is 0 Å². The van der Waals surface area contributed by atoms with Crippen LogP contribution in [0.4, 0.5) is 15.8 Å². The zero-order valence-electron chi connectivity index (χ0n) is 10.1. The van der Waals surface area contributed by atoms with Gasteiger partial charge in [0.15, 0.2) is 0 Å². The van der Waals surface area contributed by atoms with E-state index in [4.69, 9.17) is 9.47 Å². The van der Waals surface area contributed by atoms with Gasteiger partial charge in [-0.05, 0) is 0 Å². The maximum atomic E-state index is 13.5. The van der Waals surface area contributed by atoms with Crippen LogP contribution in [0.25, 0.3) is 0 Å². The number of halogens is 1. The SMILES string of the molecule is COc1cc(F)c([N+](=O)[O-])cc1N1CCOCC1=O. The summed E-state index contributed by atoms with van der Waals surface area (Å²) in [6.07, 6.45) is 0. The van der Waals surface area contributed by atoms with E-state index in [9.17, 15) is 19.3 Å². The Morgan fingerprint density at radius 2 is 2.26 bits per heavy atom. The Morgan fingerprint density at radius 1 is 1.53 bits per heavy atom. The number of benzene rings is 1. The normalized spacial score (nSPS) is 15.5. The fourth-order valence-electron chi connectivity index (χ4n) is 1.82. The fourth-order valence-corrected chi connectivity index (χ4v) is 1.82. The van der Waals surface area contributed by atoms with Gasteiger partial charge in [-0.3, -0.25) is 14.9 Å². The molecule has 0 radical (unpaired) electrons. The number of nitrogens with zero attached hydrogens (tertiary/aromatic N) is 2. The molecule has 0 atom stereocenters. The number of anilines is 1. The Balaban J connectivity index is 2.50. The minimum absolute atomic E-state index is 0.0679. The molecular weight excluding hydrogens is 259 g/mol. The predicted molar refractivity (Wildman–Crippen MR) is 62.8 cm³/mol. The maximum absolute atomic E-state index is 13.5. The average Bonchev–Trinajstić information content (AvgIpc) is 2.39. The van der Waals surface area contributed by atoms with Crippen LogP contribution in [0.15, 0.2) is 12.1 Å². The van der Waals surface area contributed by atoms with E-state index < -0.39 is 16.4 Å². The molecule has 1 aliphatic rings. The van der Waals surface area contributed by atoms with Crippen LogP contribution in [0.5, 0.6) is 5.75 Å². The van der Waals surface area contributed by atoms with Crippen molar-refractivity contribution in [2.24, 2.45) is 0 Å². The summed E-state index contributed by atoms with van der Waals surface area (Å²) in [5, 5.41) is 10.7. The van der Waals surface area contributed by atoms with Gasteiger partial charge < -0.3 is 14.4 Å². The monoisotopic (exact) mass is 270 g/mol. The Bertz CT molecular complexity index is 534. The van der Waals surface area contributed by atoms with Crippen LogP contribution in [-0.2, 0) is 9.53 Å². The number of morpholine rings is 1. The number of ether oxygens (including phenoxy) is 2. The van der Waals surface area contributed by atoms with Crippen molar-refractivity contribution >= 4 is 17.3 Å². The van der Waals surface area contributed by atoms with E-state index >= 15 is 0 Å². The van der Waals surface area contributed by atoms with Crippen LogP contribution in [0, 0.1) is 15.9 Å². The molecule has 0 unspecified atom stereocenters. The molecule has 0 saturated carbocycles. The van der Waals surface area contributed by atoms with Gasteiger partial charge in [0.05, 0.1) is 24.3 Å². The minimum Gasteiger partial charge on any atom is -0.494 e. The first-order valence-corrected chi connectivity index (χ1v) is 5.44. The van der Waals surface area contributed by atoms with Gasteiger partial charge in [-0.25, -0.2) is 0 Å². The minimum atomic E-state index is -1.01. The lowest BCUT2D eigenvalue weighted by molar-refractivity contribution is -0.387. The number of hydrogen-bond acceptors (Lipinski definition) is 5. The van der Waals surface area contributed by atoms with Crippen LogP contribution in [0.1, 0.15) is 0 Å². The van der Waals surface area contributed by atoms with Crippen molar-refractivity contribution in [2.45, 2.75) is 0 Å². The summed E-state index contributed by atoms with van der Waals surface area (Å²) >= 11 is 0. The van der Waals surface area contributed by atoms with Crippen LogP contribution >= 0.6 is 0 Å². The zero-order chi connectivity index (χ0) is 14.0. The summed E-state index contributed by atoms with van der Waals surface area (Å²) in [5.74, 6) is -1.30. The van der Waals surface area contributed by atoms with E-state index in [1.54, 1.807) is 0 Å². The molecule has 102 valence electrons. The number of rotatable bonds is 3. The molecule has 0 N–H and O–H groups in total. The Morgan fingerprint density at radius 3 is 2.84 bits per heavy atom. The summed E-state index contributed by atoms with van der Waals surface area (Å²) in [6, 6.07) is 1.90. The molecule has 1 aromatic rings. The van der Waals surface area contributed by atoms with Gasteiger partial charge in [-0.15, -0.1) is 0 Å². The zero-order valence-corrected chi connectivity index (χ0v) is 10.1. The molecule has 19 heavy (non-hydrogen) atoms. The van der Waals surface area contributed by atoms with Crippen molar-refractivity contribution in [1.29, 1.82) is 0 Å². The van der Waals surface area contributed by atoms with Crippen molar-refractivity contribution in [3.63, 3.8) is 0 Å². The number of nitro benzene ring substituents is 1. The first-order chi connectivity index (χ1) is 9.04. The first kappa shape index (κ1) is 13.2. The van der Waals surface area contributed by atoms with Gasteiger partial charge in [-0.2, -0.15) is 4.39 Å². The quantitative estimate of drug-likeness (QED) is 0.607. The molecule has 7 nitrogen and oxygen atoms in total. The van der Waals surface area contributed by atoms with Crippen molar-refractivity contribution in [3.05, 3.63) is 28.1 Å². The lowest BCUT2D eigenvalue weighted by Crippen LogP contribution is -2.41. The van der Waals surface area contributed by atoms with E-state index in [0.29, 0.717) is 6.61 Å². The standard InChI is InChI=1S/C11H11FN2O5/c1-18-10-4-7(12)8(14(16)17)5-9(10)13-2-3-19-6-11(13)15/h4-5H,2-3,6H2,1H3. The van der Waals surface area contributed by atoms with Gasteiger partial charge in [0.2, 0.25) is 5.82 Å². The third-order valence-electron chi connectivity index (χ3n) is 2.72. The number of carbonyl (C=O) groups is 1. The van der Waals surface area contributed by atoms with Gasteiger partial charge in [0.25, 0.3) is 5.91 Å². The van der Waals surface area contributed by atoms with Crippen LogP contribution in [-0.4, -0.2) is 37.7 Å². The first-order valence-electron chi connectivity index (χ1n) is 5.44. The lowest BCUT2D eigenvalue weighted by atomic mass is 10.2. The number of carbonyl (C=O) groups excluding carboxylic acids is 1. The van der Waals surface area contributed by atoms with E-state index in [2.05, 4.69) is 0 Å². The molecule has 1 saturated heterocycles. The van der Waals surface area contributed by atoms with Gasteiger partial charge >= 0.3 is 5.69 Å². The van der Waals surface area contributed by atoms with Crippen LogP contribution in [0.3, 0.4) is 0 Å². The summed E-state index contributed by atoms with van der Waals surface area (Å²) in [7, 11) is 1.30. The highest BCUT2D eigenvalue weighted by Crippen LogP contribution is 2.35. The highest BCUT2D eigenvalue weighted by atomic mass is 19.1. The highest BCUT2D eigenvalue weighted by Gasteiger charge is 2.27. The molecule has 8 heteroatoms. The molecule has 1 amide bonds. The third-order valence-corrected chi connectivity index (χ3v) is 2.72. The van der Waals surface area contributed by atoms with Gasteiger partial charge in [-0.1, -0.05) is 0 Å². The largest absolute Gasteiger partial charge is 0.494 e. The molecule has 1 aromatic carbocycles. The number of methoxy groups -OCH3 is 1. The van der Waals surface area contributed by atoms with Crippen molar-refractivity contribution in [2.75, 3.05) is 31.8 Å². The topological polar surface area (TPSA) is 81.9 Å². The summed E-state index contributed by atoms with van der Waals surface area (Å²) in [5.41, 5.74) is -0.529. The Labute approximate surface area is 107 Å². The second-order valence-electron chi connectivity index (χ2n) is 3.83. The van der Waals surface area contributed by atoms with E-state index in [1.807, 2.05) is 0 Å². The molecule has 0 aromatic heterocycles. The van der Waals surface area contributed by atoms with Gasteiger partial charge in [0, 0.05) is 18.7 Å². The molecule has 1 heterocycles. The molecule has 1 aliphatic heterocycles. The smallest absolute Gasteiger partial charge is 0.307 e. The highest BCUT2D eigenvalue weighted by molar-refractivity contribution is 5.96. The fraction of sp³-hybridized carbons (Fsp3) is 0.364. The Kier molecular flexibility index (Phi) is 3.61. The summed E-state index contributed by atoms with van der Waals surface area (Å²) < 4.78 is 23.4. The number of amides is 1. The summed E-state index contributed by atoms with van der Waals surface area (Å²) in [6.45, 7) is 0.423. The molecule has 0 spiro atoms. The molecule has 1 fully saturated rings. The predicted octanol–water partition coefficient (Wildman–Crippen LogP) is 1.11. The number of hydrogen-bond donors (Lipinski definition) is 0. The van der Waals surface area contributed by atoms with Gasteiger partial charge in [0.1, 0.15) is 12.4 Å². The lowest BCUT2D eigenvalue weighted by Gasteiger charge is -2.27. The second kappa shape index (κ2) is 5.19. The maximum Gasteiger partial charge on any atom is 0.307 e. The van der Waals surface area contributed by atoms with E-state index in [1.165, 1.54) is 12.0 Å². The average molecular weight is 270 g/mol. The molecule has 2 rings (SSSR count). The van der Waals surface area contributed by atoms with Crippen molar-refractivity contribution in [3.8, 4) is 5.75 Å². The van der Waals surface area contributed by atoms with Crippen molar-refractivity contribution < 1.29 is 23.6 Å². The molecule has 0 bridgehead atoms. The Hall–Kier alpha value is -2.22. The molecular formula is C11H11FN2O5. The molecule has 0 aliphatic carbocycles. The summed E-state index contributed by atoms with van der Waals surface area (Å²) in [4.78, 5) is 22.9. The van der Waals surface area contributed by atoms with Crippen LogP contribution < -0.4 is 9.64 Å². The second-order valence-corrected chi connectivity index (χ2v) is 3.83. The third kappa shape index (κ3) is 2.48. The van der Waals surface area contributed by atoms with E-state index in [-0.39, 0.29) is 30.5 Å². The van der Waals surface area contributed by atoms with E-state index in [0.717, 1.165) is 12.1 Å². The van der Waals surface area contributed by atoms with Crippen LogP contribution in [0.2, 0.25) is 0 Å². The number of nitro groups is 1.